The highest BCUT2D eigenvalue weighted by Crippen LogP contribution is 2.24. The highest BCUT2D eigenvalue weighted by molar-refractivity contribution is 6.29. The second-order valence-corrected chi connectivity index (χ2v) is 3.95. The van der Waals surface area contributed by atoms with Crippen LogP contribution in [0.1, 0.15) is 29.4 Å². The number of hydrogen-bond donors (Lipinski definition) is 0. The molecule has 0 aliphatic heterocycles. The van der Waals surface area contributed by atoms with Gasteiger partial charge in [-0.05, 0) is 24.5 Å². The van der Waals surface area contributed by atoms with Crippen LogP contribution in [0.5, 0.6) is 0 Å². The minimum absolute atomic E-state index is 0.193. The zero-order valence-electron chi connectivity index (χ0n) is 7.38. The number of nitrogens with zero attached hydrogens (tertiary/aromatic N) is 1. The van der Waals surface area contributed by atoms with Gasteiger partial charge < -0.3 is 0 Å². The fourth-order valence-corrected chi connectivity index (χ4v) is 1.88. The van der Waals surface area contributed by atoms with E-state index in [0.717, 1.165) is 17.7 Å². The molecule has 0 N–H and O–H groups in total. The number of Topliss-reactive ketones (excluding diaryl/α,β-unsaturated/α-hetero) is 1. The van der Waals surface area contributed by atoms with Crippen LogP contribution in [0.2, 0.25) is 5.15 Å². The number of pyridine rings is 1. The van der Waals surface area contributed by atoms with Gasteiger partial charge in [-0.1, -0.05) is 18.5 Å². The molecule has 1 heterocycles. The van der Waals surface area contributed by atoms with Gasteiger partial charge in [-0.15, -0.1) is 0 Å². The van der Waals surface area contributed by atoms with Gasteiger partial charge in [0.2, 0.25) is 0 Å². The van der Waals surface area contributed by atoms with E-state index in [9.17, 15) is 4.79 Å². The van der Waals surface area contributed by atoms with Gasteiger partial charge in [0.15, 0.2) is 5.78 Å². The highest BCUT2D eigenvalue weighted by Gasteiger charge is 2.23. The lowest BCUT2D eigenvalue weighted by Crippen LogP contribution is -2.19. The first kappa shape index (κ1) is 8.70. The molecule has 0 spiro atoms. The van der Waals surface area contributed by atoms with Gasteiger partial charge in [-0.25, -0.2) is 4.98 Å². The summed E-state index contributed by atoms with van der Waals surface area (Å²) in [7, 11) is 0. The SMILES string of the molecule is CC1CC(=O)c2ccc(Cl)nc2C1. The Bertz CT molecular complexity index is 362. The molecule has 1 atom stereocenters. The number of ketones is 1. The third kappa shape index (κ3) is 1.59. The third-order valence-corrected chi connectivity index (χ3v) is 2.53. The number of rotatable bonds is 0. The number of aromatic nitrogens is 1. The molecule has 1 aromatic rings. The summed E-state index contributed by atoms with van der Waals surface area (Å²) < 4.78 is 0. The number of halogens is 1. The largest absolute Gasteiger partial charge is 0.294 e. The highest BCUT2D eigenvalue weighted by atomic mass is 35.5. The van der Waals surface area contributed by atoms with Gasteiger partial charge in [0.1, 0.15) is 5.15 Å². The molecule has 0 amide bonds. The molecule has 0 radical (unpaired) electrons. The molecule has 68 valence electrons. The molecular weight excluding hydrogens is 186 g/mol. The summed E-state index contributed by atoms with van der Waals surface area (Å²) in [5.41, 5.74) is 1.61. The first-order chi connectivity index (χ1) is 6.16. The molecule has 0 fully saturated rings. The molecule has 0 bridgehead atoms. The van der Waals surface area contributed by atoms with Crippen LogP contribution in [-0.2, 0) is 6.42 Å². The summed E-state index contributed by atoms with van der Waals surface area (Å²) in [6.07, 6.45) is 1.50. The minimum atomic E-state index is 0.193. The summed E-state index contributed by atoms with van der Waals surface area (Å²) in [6.45, 7) is 2.06. The maximum absolute atomic E-state index is 11.5. The summed E-state index contributed by atoms with van der Waals surface area (Å²) in [5, 5.41) is 0.473. The van der Waals surface area contributed by atoms with Gasteiger partial charge in [-0.2, -0.15) is 0 Å². The molecule has 1 aromatic heterocycles. The Labute approximate surface area is 81.9 Å². The van der Waals surface area contributed by atoms with Crippen molar-refractivity contribution < 1.29 is 4.79 Å². The van der Waals surface area contributed by atoms with Crippen LogP contribution in [-0.4, -0.2) is 10.8 Å². The van der Waals surface area contributed by atoms with Crippen LogP contribution >= 0.6 is 11.6 Å². The monoisotopic (exact) mass is 195 g/mol. The topological polar surface area (TPSA) is 30.0 Å². The zero-order chi connectivity index (χ0) is 9.42. The molecule has 2 rings (SSSR count). The Balaban J connectivity index is 2.49. The summed E-state index contributed by atoms with van der Waals surface area (Å²) in [6, 6.07) is 3.45. The second kappa shape index (κ2) is 3.11. The molecule has 2 nitrogen and oxygen atoms in total. The summed E-state index contributed by atoms with van der Waals surface area (Å²) in [5.74, 6) is 0.587. The average molecular weight is 196 g/mol. The van der Waals surface area contributed by atoms with Crippen molar-refractivity contribution in [1.82, 2.24) is 4.98 Å². The van der Waals surface area contributed by atoms with Crippen molar-refractivity contribution in [3.63, 3.8) is 0 Å². The van der Waals surface area contributed by atoms with E-state index in [0.29, 0.717) is 17.5 Å². The van der Waals surface area contributed by atoms with E-state index in [1.807, 2.05) is 0 Å². The van der Waals surface area contributed by atoms with Gasteiger partial charge in [0.05, 0.1) is 5.69 Å². The molecule has 1 aliphatic carbocycles. The molecular formula is C10H10ClNO. The first-order valence-corrected chi connectivity index (χ1v) is 4.73. The Morgan fingerprint density at radius 2 is 2.23 bits per heavy atom. The minimum Gasteiger partial charge on any atom is -0.294 e. The number of fused-ring (bicyclic) bond motifs is 1. The Morgan fingerprint density at radius 3 is 3.00 bits per heavy atom. The lowest BCUT2D eigenvalue weighted by atomic mass is 9.87. The number of carbonyl (C=O) groups excluding carboxylic acids is 1. The molecule has 13 heavy (non-hydrogen) atoms. The maximum Gasteiger partial charge on any atom is 0.164 e. The van der Waals surface area contributed by atoms with Crippen molar-refractivity contribution in [1.29, 1.82) is 0 Å². The number of hydrogen-bond acceptors (Lipinski definition) is 2. The number of carbonyl (C=O) groups is 1. The molecule has 1 unspecified atom stereocenters. The van der Waals surface area contributed by atoms with Crippen molar-refractivity contribution in [2.24, 2.45) is 5.92 Å². The van der Waals surface area contributed by atoms with Gasteiger partial charge in [0.25, 0.3) is 0 Å². The van der Waals surface area contributed by atoms with Gasteiger partial charge in [0, 0.05) is 12.0 Å². The smallest absolute Gasteiger partial charge is 0.164 e. The lowest BCUT2D eigenvalue weighted by molar-refractivity contribution is 0.0952. The quantitative estimate of drug-likeness (QED) is 0.596. The zero-order valence-corrected chi connectivity index (χ0v) is 8.14. The standard InChI is InChI=1S/C10H10ClNO/c1-6-4-8-7(9(13)5-6)2-3-10(11)12-8/h2-3,6H,4-5H2,1H3. The van der Waals surface area contributed by atoms with Crippen LogP contribution in [0.4, 0.5) is 0 Å². The van der Waals surface area contributed by atoms with Crippen LogP contribution in [0.15, 0.2) is 12.1 Å². The van der Waals surface area contributed by atoms with Crippen molar-refractivity contribution in [3.05, 3.63) is 28.5 Å². The van der Waals surface area contributed by atoms with E-state index >= 15 is 0 Å². The Hall–Kier alpha value is -0.890. The van der Waals surface area contributed by atoms with E-state index in [4.69, 9.17) is 11.6 Å². The van der Waals surface area contributed by atoms with E-state index in [-0.39, 0.29) is 5.78 Å². The fourth-order valence-electron chi connectivity index (χ4n) is 1.71. The molecule has 0 saturated heterocycles. The van der Waals surface area contributed by atoms with Crippen molar-refractivity contribution >= 4 is 17.4 Å². The normalized spacial score (nSPS) is 21.4. The third-order valence-electron chi connectivity index (χ3n) is 2.32. The lowest BCUT2D eigenvalue weighted by Gasteiger charge is -2.18. The molecule has 3 heteroatoms. The first-order valence-electron chi connectivity index (χ1n) is 4.35. The predicted octanol–water partition coefficient (Wildman–Crippen LogP) is 2.50. The van der Waals surface area contributed by atoms with Crippen molar-refractivity contribution in [2.45, 2.75) is 19.8 Å². The Kier molecular flexibility index (Phi) is 2.08. The van der Waals surface area contributed by atoms with E-state index in [2.05, 4.69) is 11.9 Å². The second-order valence-electron chi connectivity index (χ2n) is 3.56. The van der Waals surface area contributed by atoms with Crippen molar-refractivity contribution in [3.8, 4) is 0 Å². The molecule has 1 aliphatic rings. The summed E-state index contributed by atoms with van der Waals surface area (Å²) >= 11 is 5.75. The fraction of sp³-hybridized carbons (Fsp3) is 0.400. The van der Waals surface area contributed by atoms with Crippen LogP contribution in [0.3, 0.4) is 0 Å². The Morgan fingerprint density at radius 1 is 1.46 bits per heavy atom. The maximum atomic E-state index is 11.5. The van der Waals surface area contributed by atoms with E-state index < -0.39 is 0 Å². The van der Waals surface area contributed by atoms with Crippen LogP contribution in [0.25, 0.3) is 0 Å². The summed E-state index contributed by atoms with van der Waals surface area (Å²) in [4.78, 5) is 15.7. The van der Waals surface area contributed by atoms with E-state index in [1.165, 1.54) is 0 Å². The van der Waals surface area contributed by atoms with Crippen LogP contribution < -0.4 is 0 Å². The predicted molar refractivity (Wildman–Crippen MR) is 51.1 cm³/mol. The average Bonchev–Trinajstić information content (AvgIpc) is 2.02. The van der Waals surface area contributed by atoms with Crippen molar-refractivity contribution in [2.75, 3.05) is 0 Å². The van der Waals surface area contributed by atoms with Gasteiger partial charge in [-0.3, -0.25) is 4.79 Å². The van der Waals surface area contributed by atoms with E-state index in [1.54, 1.807) is 12.1 Å². The molecule has 0 aromatic carbocycles. The van der Waals surface area contributed by atoms with Gasteiger partial charge >= 0.3 is 0 Å². The van der Waals surface area contributed by atoms with Crippen LogP contribution in [0, 0.1) is 5.92 Å². The molecule has 0 saturated carbocycles.